The number of hydrogen-bond acceptors (Lipinski definition) is 2. The number of amides is 2. The maximum absolute atomic E-state index is 10.9. The molecular weight excluding hydrogens is 208 g/mol. The average Bonchev–Trinajstić information content (AvgIpc) is 2.18. The normalized spacial score (nSPS) is 12.5. The van der Waals surface area contributed by atoms with Gasteiger partial charge in [-0.15, -0.1) is 0 Å². The highest BCUT2D eigenvalue weighted by Gasteiger charge is 2.09. The Morgan fingerprint density at radius 1 is 1.40 bits per heavy atom. The van der Waals surface area contributed by atoms with Crippen LogP contribution in [0.5, 0.6) is 0 Å². The van der Waals surface area contributed by atoms with Gasteiger partial charge in [-0.25, -0.2) is 4.79 Å². The van der Waals surface area contributed by atoms with Crippen LogP contribution in [0.1, 0.15) is 39.5 Å². The van der Waals surface area contributed by atoms with Crippen LogP contribution >= 0.6 is 12.6 Å². The number of nitrogens with two attached hydrogens (primary N) is 1. The molecule has 0 aromatic rings. The molecule has 3 nitrogen and oxygen atoms in total. The van der Waals surface area contributed by atoms with E-state index in [1.165, 1.54) is 19.3 Å². The number of carbonyl (C=O) groups is 1. The van der Waals surface area contributed by atoms with Gasteiger partial charge < -0.3 is 10.6 Å². The first-order chi connectivity index (χ1) is 7.11. The molecule has 0 heterocycles. The third-order valence-corrected chi connectivity index (χ3v) is 3.01. The maximum atomic E-state index is 10.9. The van der Waals surface area contributed by atoms with Gasteiger partial charge in [-0.2, -0.15) is 12.6 Å². The van der Waals surface area contributed by atoms with E-state index in [-0.39, 0.29) is 6.03 Å². The first-order valence-electron chi connectivity index (χ1n) is 5.77. The molecule has 0 aromatic carbocycles. The molecule has 0 rings (SSSR count). The van der Waals surface area contributed by atoms with E-state index in [4.69, 9.17) is 5.73 Å². The van der Waals surface area contributed by atoms with Crippen molar-refractivity contribution in [1.82, 2.24) is 4.90 Å². The van der Waals surface area contributed by atoms with Crippen molar-refractivity contribution >= 4 is 18.7 Å². The molecule has 0 aromatic heterocycles. The summed E-state index contributed by atoms with van der Waals surface area (Å²) in [5.74, 6) is 1.63. The first kappa shape index (κ1) is 14.6. The lowest BCUT2D eigenvalue weighted by molar-refractivity contribution is 0.206. The minimum Gasteiger partial charge on any atom is -0.351 e. The molecule has 0 saturated heterocycles. The quantitative estimate of drug-likeness (QED) is 0.490. The highest BCUT2D eigenvalue weighted by Crippen LogP contribution is 2.12. The zero-order valence-corrected chi connectivity index (χ0v) is 10.8. The summed E-state index contributed by atoms with van der Waals surface area (Å²) in [5.41, 5.74) is 5.23. The van der Waals surface area contributed by atoms with Gasteiger partial charge in [-0.1, -0.05) is 19.8 Å². The number of hydrogen-bond donors (Lipinski definition) is 2. The van der Waals surface area contributed by atoms with Crippen molar-refractivity contribution in [3.05, 3.63) is 0 Å². The van der Waals surface area contributed by atoms with Crippen LogP contribution in [0, 0.1) is 5.92 Å². The Bertz CT molecular complexity index is 176. The SMILES string of the molecule is CCN(CCC(C)CCCCS)C(N)=O. The van der Waals surface area contributed by atoms with Crippen LogP contribution in [0.15, 0.2) is 0 Å². The first-order valence-corrected chi connectivity index (χ1v) is 6.40. The number of carbonyl (C=O) groups excluding carboxylic acids is 1. The molecule has 1 unspecified atom stereocenters. The van der Waals surface area contributed by atoms with Crippen LogP contribution in [0.4, 0.5) is 4.79 Å². The molecule has 0 radical (unpaired) electrons. The number of unbranched alkanes of at least 4 members (excludes halogenated alkanes) is 1. The van der Waals surface area contributed by atoms with Crippen molar-refractivity contribution in [3.8, 4) is 0 Å². The molecule has 0 aliphatic heterocycles. The summed E-state index contributed by atoms with van der Waals surface area (Å²) in [6, 6.07) is -0.306. The minimum absolute atomic E-state index is 0.306. The second-order valence-corrected chi connectivity index (χ2v) is 4.48. The topological polar surface area (TPSA) is 46.3 Å². The van der Waals surface area contributed by atoms with E-state index in [0.717, 1.165) is 18.7 Å². The Hall–Kier alpha value is -0.380. The molecule has 2 amide bonds. The standard InChI is InChI=1S/C11H24N2OS/c1-3-13(11(12)14)8-7-10(2)6-4-5-9-15/h10,15H,3-9H2,1-2H3,(H2,12,14). The maximum Gasteiger partial charge on any atom is 0.314 e. The zero-order chi connectivity index (χ0) is 11.7. The van der Waals surface area contributed by atoms with Gasteiger partial charge in [0, 0.05) is 13.1 Å². The van der Waals surface area contributed by atoms with Crippen molar-refractivity contribution in [2.75, 3.05) is 18.8 Å². The molecule has 0 saturated carbocycles. The number of rotatable bonds is 8. The molecule has 0 fully saturated rings. The lowest BCUT2D eigenvalue weighted by atomic mass is 10.0. The van der Waals surface area contributed by atoms with Gasteiger partial charge in [0.15, 0.2) is 0 Å². The van der Waals surface area contributed by atoms with Gasteiger partial charge in [-0.05, 0) is 31.4 Å². The zero-order valence-electron chi connectivity index (χ0n) is 9.91. The Morgan fingerprint density at radius 3 is 2.53 bits per heavy atom. The molecule has 0 bridgehead atoms. The van der Waals surface area contributed by atoms with E-state index >= 15 is 0 Å². The van der Waals surface area contributed by atoms with Crippen molar-refractivity contribution in [1.29, 1.82) is 0 Å². The fourth-order valence-corrected chi connectivity index (χ4v) is 1.77. The number of thiol groups is 1. The summed E-state index contributed by atoms with van der Waals surface area (Å²) < 4.78 is 0. The fourth-order valence-electron chi connectivity index (χ4n) is 1.55. The predicted octanol–water partition coefficient (Wildman–Crippen LogP) is 2.51. The van der Waals surface area contributed by atoms with E-state index in [1.807, 2.05) is 6.92 Å². The van der Waals surface area contributed by atoms with Crippen LogP contribution in [-0.4, -0.2) is 29.8 Å². The lowest BCUT2D eigenvalue weighted by Crippen LogP contribution is -2.36. The second kappa shape index (κ2) is 8.89. The van der Waals surface area contributed by atoms with E-state index < -0.39 is 0 Å². The van der Waals surface area contributed by atoms with Crippen LogP contribution in [0.3, 0.4) is 0 Å². The number of nitrogens with zero attached hydrogens (tertiary/aromatic N) is 1. The van der Waals surface area contributed by atoms with Crippen molar-refractivity contribution < 1.29 is 4.79 Å². The summed E-state index contributed by atoms with van der Waals surface area (Å²) in [6.07, 6.45) is 4.67. The van der Waals surface area contributed by atoms with E-state index in [9.17, 15) is 4.79 Å². The lowest BCUT2D eigenvalue weighted by Gasteiger charge is -2.20. The molecule has 0 spiro atoms. The van der Waals surface area contributed by atoms with Gasteiger partial charge >= 0.3 is 6.03 Å². The number of primary amides is 1. The molecule has 90 valence electrons. The molecule has 1 atom stereocenters. The van der Waals surface area contributed by atoms with E-state index in [1.54, 1.807) is 4.90 Å². The predicted molar refractivity (Wildman–Crippen MR) is 68.3 cm³/mol. The van der Waals surface area contributed by atoms with Gasteiger partial charge in [0.2, 0.25) is 0 Å². The largest absolute Gasteiger partial charge is 0.351 e. The van der Waals surface area contributed by atoms with Gasteiger partial charge in [0.05, 0.1) is 0 Å². The molecule has 2 N–H and O–H groups in total. The van der Waals surface area contributed by atoms with Gasteiger partial charge in [0.25, 0.3) is 0 Å². The van der Waals surface area contributed by atoms with Crippen LogP contribution in [-0.2, 0) is 0 Å². The monoisotopic (exact) mass is 232 g/mol. The Labute approximate surface area is 98.8 Å². The summed E-state index contributed by atoms with van der Waals surface area (Å²) in [4.78, 5) is 12.6. The molecule has 0 aliphatic carbocycles. The fraction of sp³-hybridized carbons (Fsp3) is 0.909. The van der Waals surface area contributed by atoms with Gasteiger partial charge in [-0.3, -0.25) is 0 Å². The van der Waals surface area contributed by atoms with E-state index in [0.29, 0.717) is 12.5 Å². The molecular formula is C11H24N2OS. The Balaban J connectivity index is 3.59. The summed E-state index contributed by atoms with van der Waals surface area (Å²) >= 11 is 4.18. The highest BCUT2D eigenvalue weighted by molar-refractivity contribution is 7.80. The molecule has 15 heavy (non-hydrogen) atoms. The second-order valence-electron chi connectivity index (χ2n) is 4.03. The van der Waals surface area contributed by atoms with Crippen molar-refractivity contribution in [2.45, 2.75) is 39.5 Å². The van der Waals surface area contributed by atoms with E-state index in [2.05, 4.69) is 19.6 Å². The summed E-state index contributed by atoms with van der Waals surface area (Å²) in [7, 11) is 0. The summed E-state index contributed by atoms with van der Waals surface area (Å²) in [6.45, 7) is 5.68. The van der Waals surface area contributed by atoms with Crippen LogP contribution in [0.2, 0.25) is 0 Å². The minimum atomic E-state index is -0.306. The molecule has 0 aliphatic rings. The van der Waals surface area contributed by atoms with Gasteiger partial charge in [0.1, 0.15) is 0 Å². The van der Waals surface area contributed by atoms with Crippen molar-refractivity contribution in [3.63, 3.8) is 0 Å². The third-order valence-electron chi connectivity index (χ3n) is 2.69. The highest BCUT2D eigenvalue weighted by atomic mass is 32.1. The smallest absolute Gasteiger partial charge is 0.314 e. The summed E-state index contributed by atoms with van der Waals surface area (Å²) in [5, 5.41) is 0. The van der Waals surface area contributed by atoms with Crippen LogP contribution in [0.25, 0.3) is 0 Å². The Kier molecular flexibility index (Phi) is 8.67. The van der Waals surface area contributed by atoms with Crippen LogP contribution < -0.4 is 5.73 Å². The van der Waals surface area contributed by atoms with Crippen molar-refractivity contribution in [2.24, 2.45) is 11.7 Å². The molecule has 4 heteroatoms. The third kappa shape index (κ3) is 7.54. The average molecular weight is 232 g/mol. The number of urea groups is 1. The Morgan fingerprint density at radius 2 is 2.07 bits per heavy atom.